The molecular formula is C15H13BrCl2N2O2. The van der Waals surface area contributed by atoms with Gasteiger partial charge in [0, 0.05) is 11.6 Å². The van der Waals surface area contributed by atoms with Gasteiger partial charge in [0.25, 0.3) is 5.91 Å². The summed E-state index contributed by atoms with van der Waals surface area (Å²) in [5.74, 6) is 0.0436. The summed E-state index contributed by atoms with van der Waals surface area (Å²) in [6, 6.07) is 10.8. The topological polar surface area (TPSA) is 64.4 Å². The van der Waals surface area contributed by atoms with Crippen molar-refractivity contribution in [1.29, 1.82) is 0 Å². The Morgan fingerprint density at radius 2 is 2.00 bits per heavy atom. The molecule has 0 aliphatic carbocycles. The maximum Gasteiger partial charge on any atom is 0.255 e. The van der Waals surface area contributed by atoms with Gasteiger partial charge in [0.2, 0.25) is 0 Å². The maximum atomic E-state index is 10.7. The van der Waals surface area contributed by atoms with Crippen LogP contribution in [-0.4, -0.2) is 12.5 Å². The molecule has 2 aromatic rings. The number of anilines is 1. The summed E-state index contributed by atoms with van der Waals surface area (Å²) in [5.41, 5.74) is 6.87. The Kier molecular flexibility index (Phi) is 5.94. The fourth-order valence-electron chi connectivity index (χ4n) is 1.75. The van der Waals surface area contributed by atoms with Crippen LogP contribution in [0.2, 0.25) is 10.0 Å². The Labute approximate surface area is 146 Å². The minimum Gasteiger partial charge on any atom is -0.483 e. The second kappa shape index (κ2) is 7.72. The summed E-state index contributed by atoms with van der Waals surface area (Å²) in [6.07, 6.45) is 0. The average molecular weight is 404 g/mol. The van der Waals surface area contributed by atoms with E-state index in [1.165, 1.54) is 0 Å². The first-order valence-corrected chi connectivity index (χ1v) is 7.89. The van der Waals surface area contributed by atoms with Crippen molar-refractivity contribution in [3.05, 3.63) is 56.5 Å². The molecule has 0 aromatic heterocycles. The summed E-state index contributed by atoms with van der Waals surface area (Å²) in [6.45, 7) is 0.423. The molecule has 0 aliphatic rings. The van der Waals surface area contributed by atoms with Crippen LogP contribution in [0.15, 0.2) is 40.9 Å². The molecule has 0 radical (unpaired) electrons. The van der Waals surface area contributed by atoms with E-state index in [1.54, 1.807) is 18.2 Å². The quantitative estimate of drug-likeness (QED) is 0.758. The van der Waals surface area contributed by atoms with Gasteiger partial charge in [0.1, 0.15) is 5.75 Å². The first kappa shape index (κ1) is 16.9. The number of carbonyl (C=O) groups excluding carboxylic acids is 1. The molecule has 0 unspecified atom stereocenters. The van der Waals surface area contributed by atoms with Crippen LogP contribution in [0.1, 0.15) is 5.56 Å². The van der Waals surface area contributed by atoms with Gasteiger partial charge in [0.15, 0.2) is 6.61 Å². The lowest BCUT2D eigenvalue weighted by atomic mass is 10.2. The Morgan fingerprint density at radius 3 is 2.64 bits per heavy atom. The van der Waals surface area contributed by atoms with Gasteiger partial charge in [-0.1, -0.05) is 29.3 Å². The maximum absolute atomic E-state index is 10.7. The van der Waals surface area contributed by atoms with E-state index in [4.69, 9.17) is 33.7 Å². The number of ether oxygens (including phenoxy) is 1. The number of hydrogen-bond acceptors (Lipinski definition) is 3. The molecule has 2 aromatic carbocycles. The first-order chi connectivity index (χ1) is 10.5. The van der Waals surface area contributed by atoms with Gasteiger partial charge in [-0.2, -0.15) is 0 Å². The first-order valence-electron chi connectivity index (χ1n) is 6.34. The lowest BCUT2D eigenvalue weighted by Gasteiger charge is -2.11. The molecule has 116 valence electrons. The van der Waals surface area contributed by atoms with Crippen molar-refractivity contribution >= 4 is 50.7 Å². The Hall–Kier alpha value is -1.43. The van der Waals surface area contributed by atoms with Crippen LogP contribution in [0.5, 0.6) is 5.75 Å². The van der Waals surface area contributed by atoms with E-state index in [9.17, 15) is 4.79 Å². The van der Waals surface area contributed by atoms with E-state index < -0.39 is 5.91 Å². The standard InChI is InChI=1S/C15H13BrCl2N2O2/c16-11-5-9(1-4-14(11)22-8-15(19)21)7-20-13-3-2-10(17)6-12(13)18/h1-6,20H,7-8H2,(H2,19,21). The third-order valence-electron chi connectivity index (χ3n) is 2.78. The highest BCUT2D eigenvalue weighted by Gasteiger charge is 2.06. The smallest absolute Gasteiger partial charge is 0.255 e. The fraction of sp³-hybridized carbons (Fsp3) is 0.133. The summed E-state index contributed by atoms with van der Waals surface area (Å²) in [7, 11) is 0. The zero-order valence-electron chi connectivity index (χ0n) is 11.4. The number of benzene rings is 2. The van der Waals surface area contributed by atoms with E-state index in [2.05, 4.69) is 21.2 Å². The summed E-state index contributed by atoms with van der Waals surface area (Å²) >= 11 is 15.4. The number of rotatable bonds is 6. The Morgan fingerprint density at radius 1 is 1.23 bits per heavy atom. The predicted molar refractivity (Wildman–Crippen MR) is 92.6 cm³/mol. The van der Waals surface area contributed by atoms with Gasteiger partial charge >= 0.3 is 0 Å². The summed E-state index contributed by atoms with van der Waals surface area (Å²) in [4.78, 5) is 10.7. The second-order valence-corrected chi connectivity index (χ2v) is 6.20. The van der Waals surface area contributed by atoms with Crippen LogP contribution in [0.4, 0.5) is 5.69 Å². The van der Waals surface area contributed by atoms with Crippen LogP contribution < -0.4 is 15.8 Å². The molecule has 0 fully saturated rings. The summed E-state index contributed by atoms with van der Waals surface area (Å²) in [5, 5.41) is 4.38. The van der Waals surface area contributed by atoms with Gasteiger partial charge in [-0.15, -0.1) is 0 Å². The number of halogens is 3. The van der Waals surface area contributed by atoms with Crippen molar-refractivity contribution in [2.24, 2.45) is 5.73 Å². The SMILES string of the molecule is NC(=O)COc1ccc(CNc2ccc(Cl)cc2Cl)cc1Br. The second-order valence-electron chi connectivity index (χ2n) is 4.50. The molecule has 22 heavy (non-hydrogen) atoms. The molecule has 1 amide bonds. The molecule has 0 spiro atoms. The zero-order chi connectivity index (χ0) is 16.1. The molecule has 0 aliphatic heterocycles. The lowest BCUT2D eigenvalue weighted by molar-refractivity contribution is -0.119. The summed E-state index contributed by atoms with van der Waals surface area (Å²) < 4.78 is 6.02. The van der Waals surface area contributed by atoms with Crippen molar-refractivity contribution in [2.45, 2.75) is 6.54 Å². The highest BCUT2D eigenvalue weighted by atomic mass is 79.9. The van der Waals surface area contributed by atoms with Crippen LogP contribution in [-0.2, 0) is 11.3 Å². The van der Waals surface area contributed by atoms with Gasteiger partial charge in [-0.3, -0.25) is 4.79 Å². The van der Waals surface area contributed by atoms with E-state index in [-0.39, 0.29) is 6.61 Å². The molecule has 0 heterocycles. The third-order valence-corrected chi connectivity index (χ3v) is 3.95. The van der Waals surface area contributed by atoms with Gasteiger partial charge < -0.3 is 15.8 Å². The number of carbonyl (C=O) groups is 1. The molecule has 4 nitrogen and oxygen atoms in total. The molecule has 7 heteroatoms. The van der Waals surface area contributed by atoms with Crippen LogP contribution in [0, 0.1) is 0 Å². The van der Waals surface area contributed by atoms with E-state index >= 15 is 0 Å². The van der Waals surface area contributed by atoms with Gasteiger partial charge in [-0.05, 0) is 51.8 Å². The van der Waals surface area contributed by atoms with Crippen LogP contribution in [0.3, 0.4) is 0 Å². The number of nitrogens with two attached hydrogens (primary N) is 1. The third kappa shape index (κ3) is 4.80. The lowest BCUT2D eigenvalue weighted by Crippen LogP contribution is -2.20. The van der Waals surface area contributed by atoms with Crippen LogP contribution >= 0.6 is 39.1 Å². The molecule has 0 bridgehead atoms. The number of amides is 1. The number of hydrogen-bond donors (Lipinski definition) is 2. The number of primary amides is 1. The minimum atomic E-state index is -0.518. The molecule has 0 saturated carbocycles. The molecular weight excluding hydrogens is 391 g/mol. The van der Waals surface area contributed by atoms with E-state index in [0.29, 0.717) is 22.3 Å². The van der Waals surface area contributed by atoms with E-state index in [1.807, 2.05) is 18.2 Å². The largest absolute Gasteiger partial charge is 0.483 e. The van der Waals surface area contributed by atoms with Crippen molar-refractivity contribution in [2.75, 3.05) is 11.9 Å². The van der Waals surface area contributed by atoms with Crippen molar-refractivity contribution < 1.29 is 9.53 Å². The predicted octanol–water partition coefficient (Wildman–Crippen LogP) is 4.23. The van der Waals surface area contributed by atoms with Crippen molar-refractivity contribution in [3.8, 4) is 5.75 Å². The van der Waals surface area contributed by atoms with E-state index in [0.717, 1.165) is 15.7 Å². The zero-order valence-corrected chi connectivity index (χ0v) is 14.5. The molecule has 0 saturated heterocycles. The van der Waals surface area contributed by atoms with Crippen molar-refractivity contribution in [3.63, 3.8) is 0 Å². The normalized spacial score (nSPS) is 10.3. The monoisotopic (exact) mass is 402 g/mol. The van der Waals surface area contributed by atoms with Crippen LogP contribution in [0.25, 0.3) is 0 Å². The molecule has 0 atom stereocenters. The number of nitrogens with one attached hydrogen (secondary N) is 1. The molecule has 2 rings (SSSR count). The minimum absolute atomic E-state index is 0.156. The van der Waals surface area contributed by atoms with Gasteiger partial charge in [0.05, 0.1) is 15.2 Å². The van der Waals surface area contributed by atoms with Crippen molar-refractivity contribution in [1.82, 2.24) is 0 Å². The Balaban J connectivity index is 2.01. The highest BCUT2D eigenvalue weighted by molar-refractivity contribution is 9.10. The average Bonchev–Trinajstić information content (AvgIpc) is 2.45. The fourth-order valence-corrected chi connectivity index (χ4v) is 2.77. The highest BCUT2D eigenvalue weighted by Crippen LogP contribution is 2.28. The Bertz CT molecular complexity index is 695. The van der Waals surface area contributed by atoms with Gasteiger partial charge in [-0.25, -0.2) is 0 Å². The molecule has 3 N–H and O–H groups in total.